The van der Waals surface area contributed by atoms with Crippen molar-refractivity contribution in [3.05, 3.63) is 81.2 Å². The summed E-state index contributed by atoms with van der Waals surface area (Å²) < 4.78 is 15.9. The second-order valence-electron chi connectivity index (χ2n) is 8.44. The summed E-state index contributed by atoms with van der Waals surface area (Å²) in [4.78, 5) is 37.7. The lowest BCUT2D eigenvalue weighted by Crippen LogP contribution is -2.33. The fourth-order valence-electron chi connectivity index (χ4n) is 3.60. The molecular formula is C24H24N4O7. The zero-order valence-electron chi connectivity index (χ0n) is 19.2. The van der Waals surface area contributed by atoms with Crippen molar-refractivity contribution in [1.29, 1.82) is 0 Å². The van der Waals surface area contributed by atoms with Gasteiger partial charge >= 0.3 is 0 Å². The Morgan fingerprint density at radius 3 is 2.71 bits per heavy atom. The summed E-state index contributed by atoms with van der Waals surface area (Å²) in [5.74, 6) is 0.916. The Morgan fingerprint density at radius 1 is 1.14 bits per heavy atom. The molecule has 1 aromatic heterocycles. The van der Waals surface area contributed by atoms with E-state index in [0.717, 1.165) is 5.56 Å². The minimum absolute atomic E-state index is 0.0577. The van der Waals surface area contributed by atoms with Gasteiger partial charge in [0.15, 0.2) is 23.0 Å². The summed E-state index contributed by atoms with van der Waals surface area (Å²) in [5.41, 5.74) is 0.938. The molecule has 0 atom stereocenters. The molecule has 35 heavy (non-hydrogen) atoms. The third-order valence-electron chi connectivity index (χ3n) is 5.21. The molecule has 2 aromatic carbocycles. The molecule has 2 heterocycles. The number of carbonyl (C=O) groups is 2. The number of non-ortho nitro benzene ring substituents is 1. The van der Waals surface area contributed by atoms with Crippen LogP contribution in [-0.2, 0) is 13.1 Å². The monoisotopic (exact) mass is 480 g/mol. The molecule has 1 aliphatic rings. The molecule has 11 heteroatoms. The number of rotatable bonds is 9. The van der Waals surface area contributed by atoms with Gasteiger partial charge in [-0.15, -0.1) is 0 Å². The summed E-state index contributed by atoms with van der Waals surface area (Å²) in [6.45, 7) is 4.76. The molecular weight excluding hydrogens is 456 g/mol. The van der Waals surface area contributed by atoms with Gasteiger partial charge in [-0.05, 0) is 29.7 Å². The first kappa shape index (κ1) is 23.7. The number of aromatic nitrogens is 1. The van der Waals surface area contributed by atoms with Gasteiger partial charge in [-0.1, -0.05) is 31.1 Å². The fraction of sp³-hybridized carbons (Fsp3) is 0.292. The summed E-state index contributed by atoms with van der Waals surface area (Å²) >= 11 is 0. The third kappa shape index (κ3) is 5.75. The molecule has 0 bridgehead atoms. The number of carbonyl (C=O) groups excluding carboxylic acids is 2. The summed E-state index contributed by atoms with van der Waals surface area (Å²) in [6.07, 6.45) is 0. The number of hydrogen-bond acceptors (Lipinski definition) is 8. The molecule has 0 radical (unpaired) electrons. The van der Waals surface area contributed by atoms with E-state index < -0.39 is 10.8 Å². The Labute approximate surface area is 200 Å². The molecule has 3 aromatic rings. The first-order valence-electron chi connectivity index (χ1n) is 11.0. The fourth-order valence-corrected chi connectivity index (χ4v) is 3.60. The zero-order chi connectivity index (χ0) is 24.9. The van der Waals surface area contributed by atoms with Crippen LogP contribution >= 0.6 is 0 Å². The van der Waals surface area contributed by atoms with Crippen LogP contribution in [0.3, 0.4) is 0 Å². The molecule has 1 aliphatic heterocycles. The first-order chi connectivity index (χ1) is 16.8. The second-order valence-corrected chi connectivity index (χ2v) is 8.44. The normalized spacial score (nSPS) is 12.0. The van der Waals surface area contributed by atoms with E-state index in [1.807, 2.05) is 19.9 Å². The van der Waals surface area contributed by atoms with E-state index in [9.17, 15) is 19.7 Å². The number of nitro benzene ring substituents is 1. The smallest absolute Gasteiger partial charge is 0.273 e. The third-order valence-corrected chi connectivity index (χ3v) is 5.21. The predicted molar refractivity (Wildman–Crippen MR) is 123 cm³/mol. The van der Waals surface area contributed by atoms with E-state index in [1.165, 1.54) is 35.2 Å². The molecule has 4 rings (SSSR count). The van der Waals surface area contributed by atoms with Crippen molar-refractivity contribution in [3.8, 4) is 11.5 Å². The van der Waals surface area contributed by atoms with Crippen molar-refractivity contribution >= 4 is 17.5 Å². The molecule has 0 saturated heterocycles. The molecule has 182 valence electrons. The van der Waals surface area contributed by atoms with Crippen molar-refractivity contribution < 1.29 is 28.5 Å². The van der Waals surface area contributed by atoms with E-state index in [2.05, 4.69) is 10.5 Å². The molecule has 0 unspecified atom stereocenters. The van der Waals surface area contributed by atoms with Gasteiger partial charge in [0, 0.05) is 36.9 Å². The van der Waals surface area contributed by atoms with E-state index in [-0.39, 0.29) is 48.7 Å². The quantitative estimate of drug-likeness (QED) is 0.363. The van der Waals surface area contributed by atoms with Gasteiger partial charge in [-0.25, -0.2) is 0 Å². The maximum atomic E-state index is 13.1. The van der Waals surface area contributed by atoms with Crippen LogP contribution in [0.4, 0.5) is 5.69 Å². The van der Waals surface area contributed by atoms with Gasteiger partial charge in [-0.2, -0.15) is 0 Å². The van der Waals surface area contributed by atoms with E-state index >= 15 is 0 Å². The highest BCUT2D eigenvalue weighted by atomic mass is 16.7. The second kappa shape index (κ2) is 10.2. The molecule has 0 spiro atoms. The standard InChI is InChI=1S/C24H24N4O7/c1-15(2)12-27(24(30)17-4-3-5-18(9-17)28(31)32)13-19-10-20(26-35-19)23(29)25-11-16-6-7-21-22(8-16)34-14-33-21/h3-10,15H,11-14H2,1-2H3,(H,25,29). The Morgan fingerprint density at radius 2 is 1.94 bits per heavy atom. The maximum absolute atomic E-state index is 13.1. The first-order valence-corrected chi connectivity index (χ1v) is 11.0. The lowest BCUT2D eigenvalue weighted by atomic mass is 10.1. The van der Waals surface area contributed by atoms with Crippen LogP contribution in [0.1, 0.15) is 46.0 Å². The number of fused-ring (bicyclic) bond motifs is 1. The predicted octanol–water partition coefficient (Wildman–Crippen LogP) is 3.54. The van der Waals surface area contributed by atoms with Crippen LogP contribution < -0.4 is 14.8 Å². The van der Waals surface area contributed by atoms with Crippen LogP contribution in [0, 0.1) is 16.0 Å². The summed E-state index contributed by atoms with van der Waals surface area (Å²) in [7, 11) is 0. The highest BCUT2D eigenvalue weighted by Gasteiger charge is 2.22. The number of ether oxygens (including phenoxy) is 2. The van der Waals surface area contributed by atoms with E-state index in [0.29, 0.717) is 23.8 Å². The lowest BCUT2D eigenvalue weighted by molar-refractivity contribution is -0.384. The van der Waals surface area contributed by atoms with E-state index in [1.54, 1.807) is 12.1 Å². The average molecular weight is 480 g/mol. The average Bonchev–Trinajstić information content (AvgIpc) is 3.50. The van der Waals surface area contributed by atoms with Gasteiger partial charge in [0.05, 0.1) is 11.5 Å². The van der Waals surface area contributed by atoms with Crippen molar-refractivity contribution in [1.82, 2.24) is 15.4 Å². The topological polar surface area (TPSA) is 137 Å². The van der Waals surface area contributed by atoms with Gasteiger partial charge in [0.25, 0.3) is 17.5 Å². The number of benzene rings is 2. The Balaban J connectivity index is 1.41. The summed E-state index contributed by atoms with van der Waals surface area (Å²) in [5, 5.41) is 17.7. The Bertz CT molecular complexity index is 1250. The van der Waals surface area contributed by atoms with Gasteiger partial charge in [0.2, 0.25) is 6.79 Å². The largest absolute Gasteiger partial charge is 0.454 e. The number of amides is 2. The van der Waals surface area contributed by atoms with Crippen molar-refractivity contribution in [3.63, 3.8) is 0 Å². The van der Waals surface area contributed by atoms with Crippen LogP contribution in [-0.4, -0.2) is 40.1 Å². The Kier molecular flexibility index (Phi) is 6.95. The number of nitrogens with one attached hydrogen (secondary N) is 1. The van der Waals surface area contributed by atoms with Crippen LogP contribution in [0.5, 0.6) is 11.5 Å². The van der Waals surface area contributed by atoms with Gasteiger partial charge in [-0.3, -0.25) is 19.7 Å². The molecule has 0 saturated carbocycles. The molecule has 1 N–H and O–H groups in total. The molecule has 0 fully saturated rings. The van der Waals surface area contributed by atoms with Crippen LogP contribution in [0.2, 0.25) is 0 Å². The highest BCUT2D eigenvalue weighted by Crippen LogP contribution is 2.32. The minimum atomic E-state index is -0.547. The SMILES string of the molecule is CC(C)CN(Cc1cc(C(=O)NCc2ccc3c(c2)OCO3)no1)C(=O)c1cccc([N+](=O)[O-])c1. The van der Waals surface area contributed by atoms with Crippen molar-refractivity contribution in [2.24, 2.45) is 5.92 Å². The minimum Gasteiger partial charge on any atom is -0.454 e. The van der Waals surface area contributed by atoms with Crippen molar-refractivity contribution in [2.75, 3.05) is 13.3 Å². The lowest BCUT2D eigenvalue weighted by Gasteiger charge is -2.23. The summed E-state index contributed by atoms with van der Waals surface area (Å²) in [6, 6.07) is 12.4. The highest BCUT2D eigenvalue weighted by molar-refractivity contribution is 5.95. The van der Waals surface area contributed by atoms with E-state index in [4.69, 9.17) is 14.0 Å². The molecule has 0 aliphatic carbocycles. The van der Waals surface area contributed by atoms with Crippen molar-refractivity contribution in [2.45, 2.75) is 26.9 Å². The van der Waals surface area contributed by atoms with Gasteiger partial charge in [0.1, 0.15) is 0 Å². The number of hydrogen-bond donors (Lipinski definition) is 1. The Hall–Kier alpha value is -4.41. The number of nitro groups is 1. The molecule has 2 amide bonds. The van der Waals surface area contributed by atoms with Crippen LogP contribution in [0.25, 0.3) is 0 Å². The van der Waals surface area contributed by atoms with Gasteiger partial charge < -0.3 is 24.2 Å². The molecule has 11 nitrogen and oxygen atoms in total. The maximum Gasteiger partial charge on any atom is 0.273 e. The zero-order valence-corrected chi connectivity index (χ0v) is 19.2. The van der Waals surface area contributed by atoms with Crippen LogP contribution in [0.15, 0.2) is 53.1 Å². The number of nitrogens with zero attached hydrogens (tertiary/aromatic N) is 3.